The van der Waals surface area contributed by atoms with Crippen LogP contribution in [0.15, 0.2) is 47.5 Å². The van der Waals surface area contributed by atoms with Crippen molar-refractivity contribution >= 4 is 10.0 Å². The average Bonchev–Trinajstić information content (AvgIpc) is 3.00. The van der Waals surface area contributed by atoms with Crippen molar-refractivity contribution in [3.63, 3.8) is 0 Å². The fourth-order valence-electron chi connectivity index (χ4n) is 2.62. The highest BCUT2D eigenvalue weighted by atomic mass is 32.2. The number of sulfonamides is 1. The Kier molecular flexibility index (Phi) is 4.37. The van der Waals surface area contributed by atoms with Crippen LogP contribution in [0.4, 0.5) is 0 Å². The van der Waals surface area contributed by atoms with Crippen molar-refractivity contribution in [1.29, 1.82) is 0 Å². The first-order valence-electron chi connectivity index (χ1n) is 7.62. The Morgan fingerprint density at radius 1 is 1.17 bits per heavy atom. The molecule has 5 nitrogen and oxygen atoms in total. The third kappa shape index (κ3) is 3.38. The Morgan fingerprint density at radius 3 is 2.70 bits per heavy atom. The Bertz CT molecular complexity index is 791. The van der Waals surface area contributed by atoms with Crippen molar-refractivity contribution in [1.82, 2.24) is 9.29 Å². The molecule has 0 radical (unpaired) electrons. The smallest absolute Gasteiger partial charge is 0.243 e. The Morgan fingerprint density at radius 2 is 2.00 bits per heavy atom. The predicted octanol–water partition coefficient (Wildman–Crippen LogP) is 2.54. The van der Waals surface area contributed by atoms with Crippen LogP contribution >= 0.6 is 0 Å². The van der Waals surface area contributed by atoms with Crippen molar-refractivity contribution in [3.05, 3.63) is 53.7 Å². The lowest BCUT2D eigenvalue weighted by molar-refractivity contribution is 0.207. The second-order valence-electron chi connectivity index (χ2n) is 5.81. The molecule has 1 unspecified atom stereocenters. The maximum absolute atomic E-state index is 12.8. The summed E-state index contributed by atoms with van der Waals surface area (Å²) >= 11 is 0. The Labute approximate surface area is 137 Å². The summed E-state index contributed by atoms with van der Waals surface area (Å²) in [5.74, 6) is 0.530. The SMILES string of the molecule is Cc1ccc(S(=O)(=O)N2CCC(Oc3ccccn3)C2)cc1C. The predicted molar refractivity (Wildman–Crippen MR) is 87.9 cm³/mol. The molecule has 0 bridgehead atoms. The second kappa shape index (κ2) is 6.29. The molecule has 1 atom stereocenters. The topological polar surface area (TPSA) is 59.5 Å². The first-order valence-corrected chi connectivity index (χ1v) is 9.06. The molecule has 1 aliphatic rings. The highest BCUT2D eigenvalue weighted by Crippen LogP contribution is 2.24. The molecule has 0 N–H and O–H groups in total. The largest absolute Gasteiger partial charge is 0.473 e. The van der Waals surface area contributed by atoms with Gasteiger partial charge in [0.15, 0.2) is 0 Å². The number of pyridine rings is 1. The van der Waals surface area contributed by atoms with Crippen molar-refractivity contribution in [2.45, 2.75) is 31.3 Å². The van der Waals surface area contributed by atoms with Crippen LogP contribution in [0.5, 0.6) is 5.88 Å². The van der Waals surface area contributed by atoms with Gasteiger partial charge in [-0.25, -0.2) is 13.4 Å². The van der Waals surface area contributed by atoms with Gasteiger partial charge in [0.25, 0.3) is 0 Å². The van der Waals surface area contributed by atoms with Gasteiger partial charge in [-0.3, -0.25) is 0 Å². The molecule has 1 saturated heterocycles. The van der Waals surface area contributed by atoms with Gasteiger partial charge in [-0.2, -0.15) is 4.31 Å². The van der Waals surface area contributed by atoms with Crippen LogP contribution in [0.25, 0.3) is 0 Å². The Hall–Kier alpha value is -1.92. The average molecular weight is 332 g/mol. The van der Waals surface area contributed by atoms with Gasteiger partial charge in [-0.1, -0.05) is 12.1 Å². The van der Waals surface area contributed by atoms with Crippen LogP contribution in [0, 0.1) is 13.8 Å². The molecule has 122 valence electrons. The highest BCUT2D eigenvalue weighted by molar-refractivity contribution is 7.89. The molecule has 1 aromatic carbocycles. The summed E-state index contributed by atoms with van der Waals surface area (Å²) in [7, 11) is -3.47. The van der Waals surface area contributed by atoms with Crippen LogP contribution in [0.1, 0.15) is 17.5 Å². The maximum atomic E-state index is 12.8. The van der Waals surface area contributed by atoms with E-state index in [1.165, 1.54) is 4.31 Å². The first kappa shape index (κ1) is 16.0. The van der Waals surface area contributed by atoms with Crippen LogP contribution in [0.2, 0.25) is 0 Å². The number of nitrogens with zero attached hydrogens (tertiary/aromatic N) is 2. The van der Waals surface area contributed by atoms with Gasteiger partial charge in [0.2, 0.25) is 15.9 Å². The molecule has 0 amide bonds. The van der Waals surface area contributed by atoms with E-state index in [0.29, 0.717) is 30.3 Å². The summed E-state index contributed by atoms with van der Waals surface area (Å²) in [5, 5.41) is 0. The molecule has 1 aliphatic heterocycles. The standard InChI is InChI=1S/C17H20N2O3S/c1-13-6-7-16(11-14(13)2)23(20,21)19-10-8-15(12-19)22-17-5-3-4-9-18-17/h3-7,9,11,15H,8,10,12H2,1-2H3. The fourth-order valence-corrected chi connectivity index (χ4v) is 4.20. The van der Waals surface area contributed by atoms with Crippen molar-refractivity contribution < 1.29 is 13.2 Å². The van der Waals surface area contributed by atoms with E-state index < -0.39 is 10.0 Å². The minimum absolute atomic E-state index is 0.161. The van der Waals surface area contributed by atoms with Crippen LogP contribution in [-0.4, -0.2) is 36.9 Å². The molecule has 23 heavy (non-hydrogen) atoms. The summed E-state index contributed by atoms with van der Waals surface area (Å²) in [5.41, 5.74) is 2.06. The molecule has 2 aromatic rings. The lowest BCUT2D eigenvalue weighted by Gasteiger charge is -2.17. The number of hydrogen-bond acceptors (Lipinski definition) is 4. The van der Waals surface area contributed by atoms with Gasteiger partial charge in [-0.15, -0.1) is 0 Å². The summed E-state index contributed by atoms with van der Waals surface area (Å²) < 4.78 is 32.8. The minimum Gasteiger partial charge on any atom is -0.473 e. The first-order chi connectivity index (χ1) is 11.0. The lowest BCUT2D eigenvalue weighted by Crippen LogP contribution is -2.31. The minimum atomic E-state index is -3.47. The Balaban J connectivity index is 1.73. The number of ether oxygens (including phenoxy) is 1. The van der Waals surface area contributed by atoms with Crippen LogP contribution in [-0.2, 0) is 10.0 Å². The van der Waals surface area contributed by atoms with Crippen molar-refractivity contribution in [2.24, 2.45) is 0 Å². The zero-order valence-electron chi connectivity index (χ0n) is 13.3. The van der Waals surface area contributed by atoms with Crippen LogP contribution < -0.4 is 4.74 Å². The summed E-state index contributed by atoms with van der Waals surface area (Å²) in [6.07, 6.45) is 2.17. The quantitative estimate of drug-likeness (QED) is 0.863. The summed E-state index contributed by atoms with van der Waals surface area (Å²) in [6.45, 7) is 4.71. The number of aryl methyl sites for hydroxylation is 2. The van der Waals surface area contributed by atoms with Gasteiger partial charge < -0.3 is 4.74 Å². The maximum Gasteiger partial charge on any atom is 0.243 e. The zero-order valence-corrected chi connectivity index (χ0v) is 14.1. The van der Waals surface area contributed by atoms with Crippen LogP contribution in [0.3, 0.4) is 0 Å². The summed E-state index contributed by atoms with van der Waals surface area (Å²) in [4.78, 5) is 4.47. The highest BCUT2D eigenvalue weighted by Gasteiger charge is 2.33. The van der Waals surface area contributed by atoms with Gasteiger partial charge in [0.1, 0.15) is 6.10 Å². The number of aromatic nitrogens is 1. The van der Waals surface area contributed by atoms with E-state index in [1.54, 1.807) is 24.4 Å². The molecule has 2 heterocycles. The van der Waals surface area contributed by atoms with Gasteiger partial charge >= 0.3 is 0 Å². The molecule has 0 spiro atoms. The molecule has 3 rings (SSSR count). The van der Waals surface area contributed by atoms with E-state index in [9.17, 15) is 8.42 Å². The number of benzene rings is 1. The second-order valence-corrected chi connectivity index (χ2v) is 7.74. The third-order valence-corrected chi connectivity index (χ3v) is 6.01. The number of hydrogen-bond donors (Lipinski definition) is 0. The van der Waals surface area contributed by atoms with E-state index in [0.717, 1.165) is 11.1 Å². The van der Waals surface area contributed by atoms with Gasteiger partial charge in [0, 0.05) is 18.8 Å². The molecule has 6 heteroatoms. The molecular weight excluding hydrogens is 312 g/mol. The molecule has 0 saturated carbocycles. The number of rotatable bonds is 4. The lowest BCUT2D eigenvalue weighted by atomic mass is 10.1. The van der Waals surface area contributed by atoms with Gasteiger partial charge in [-0.05, 0) is 49.6 Å². The van der Waals surface area contributed by atoms with E-state index in [-0.39, 0.29) is 6.10 Å². The molecule has 1 aromatic heterocycles. The van der Waals surface area contributed by atoms with E-state index in [2.05, 4.69) is 4.98 Å². The zero-order chi connectivity index (χ0) is 16.4. The molecular formula is C17H20N2O3S. The monoisotopic (exact) mass is 332 g/mol. The van der Waals surface area contributed by atoms with E-state index in [4.69, 9.17) is 4.74 Å². The molecule has 1 fully saturated rings. The molecule has 0 aliphatic carbocycles. The normalized spacial score (nSPS) is 19.0. The van der Waals surface area contributed by atoms with Crippen molar-refractivity contribution in [3.8, 4) is 5.88 Å². The fraction of sp³-hybridized carbons (Fsp3) is 0.353. The van der Waals surface area contributed by atoms with Crippen molar-refractivity contribution in [2.75, 3.05) is 13.1 Å². The summed E-state index contributed by atoms with van der Waals surface area (Å²) in [6, 6.07) is 10.7. The third-order valence-electron chi connectivity index (χ3n) is 4.15. The van der Waals surface area contributed by atoms with E-state index in [1.807, 2.05) is 32.0 Å². The van der Waals surface area contributed by atoms with Gasteiger partial charge in [0.05, 0.1) is 11.4 Å². The van der Waals surface area contributed by atoms with E-state index >= 15 is 0 Å².